The van der Waals surface area contributed by atoms with Gasteiger partial charge in [0.15, 0.2) is 0 Å². The molecule has 1 atom stereocenters. The number of phenolic OH excluding ortho intramolecular Hbond substituents is 1. The molecule has 0 radical (unpaired) electrons. The molecule has 1 aromatic rings. The van der Waals surface area contributed by atoms with E-state index in [9.17, 15) is 9.90 Å². The van der Waals surface area contributed by atoms with Gasteiger partial charge in [-0.25, -0.2) is 0 Å². The number of hydrogen-bond donors (Lipinski definition) is 3. The monoisotopic (exact) mass is 318 g/mol. The van der Waals surface area contributed by atoms with E-state index >= 15 is 0 Å². The number of halogens is 2. The van der Waals surface area contributed by atoms with Crippen molar-refractivity contribution in [2.45, 2.75) is 45.8 Å². The zero-order chi connectivity index (χ0) is 15.5. The van der Waals surface area contributed by atoms with Crippen LogP contribution in [0.1, 0.15) is 33.3 Å². The Morgan fingerprint density at radius 1 is 1.35 bits per heavy atom. The van der Waals surface area contributed by atoms with Crippen molar-refractivity contribution in [3.63, 3.8) is 0 Å². The number of aromatic hydroxyl groups is 1. The van der Waals surface area contributed by atoms with Gasteiger partial charge in [-0.1, -0.05) is 23.2 Å². The van der Waals surface area contributed by atoms with E-state index in [1.54, 1.807) is 13.0 Å². The summed E-state index contributed by atoms with van der Waals surface area (Å²) in [5, 5.41) is 16.4. The molecule has 3 N–H and O–H groups in total. The molecule has 0 fully saturated rings. The molecule has 0 spiro atoms. The smallest absolute Gasteiger partial charge is 0.237 e. The number of phenols is 1. The Bertz CT molecular complexity index is 499. The van der Waals surface area contributed by atoms with Crippen LogP contribution in [0.2, 0.25) is 10.0 Å². The molecule has 0 saturated carbocycles. The summed E-state index contributed by atoms with van der Waals surface area (Å²) in [6.07, 6.45) is 0. The van der Waals surface area contributed by atoms with Crippen molar-refractivity contribution in [2.24, 2.45) is 0 Å². The van der Waals surface area contributed by atoms with Gasteiger partial charge in [-0.05, 0) is 39.8 Å². The molecule has 0 aliphatic heterocycles. The first kappa shape index (κ1) is 17.1. The Hall–Kier alpha value is -0.970. The van der Waals surface area contributed by atoms with Gasteiger partial charge in [0.25, 0.3) is 0 Å². The second-order valence-electron chi connectivity index (χ2n) is 5.74. The van der Waals surface area contributed by atoms with E-state index in [1.807, 2.05) is 20.8 Å². The Balaban J connectivity index is 2.66. The molecule has 0 heterocycles. The van der Waals surface area contributed by atoms with E-state index in [4.69, 9.17) is 23.2 Å². The zero-order valence-electron chi connectivity index (χ0n) is 12.1. The number of rotatable bonds is 4. The summed E-state index contributed by atoms with van der Waals surface area (Å²) in [4.78, 5) is 11.9. The van der Waals surface area contributed by atoms with Gasteiger partial charge >= 0.3 is 0 Å². The van der Waals surface area contributed by atoms with Crippen LogP contribution in [-0.4, -0.2) is 22.6 Å². The Labute approximate surface area is 129 Å². The Morgan fingerprint density at radius 3 is 2.50 bits per heavy atom. The van der Waals surface area contributed by atoms with Crippen molar-refractivity contribution < 1.29 is 9.90 Å². The maximum atomic E-state index is 11.9. The van der Waals surface area contributed by atoms with Crippen molar-refractivity contribution in [3.05, 3.63) is 27.7 Å². The fraction of sp³-hybridized carbons (Fsp3) is 0.500. The minimum atomic E-state index is -0.397. The van der Waals surface area contributed by atoms with Crippen molar-refractivity contribution in [3.8, 4) is 5.75 Å². The average Bonchev–Trinajstić information content (AvgIpc) is 2.29. The van der Waals surface area contributed by atoms with Crippen LogP contribution in [0.15, 0.2) is 12.1 Å². The van der Waals surface area contributed by atoms with Crippen LogP contribution in [0.25, 0.3) is 0 Å². The topological polar surface area (TPSA) is 61.4 Å². The van der Waals surface area contributed by atoms with Gasteiger partial charge in [0.2, 0.25) is 5.91 Å². The van der Waals surface area contributed by atoms with Crippen LogP contribution in [0.5, 0.6) is 5.75 Å². The lowest BCUT2D eigenvalue weighted by molar-refractivity contribution is -0.124. The normalized spacial score (nSPS) is 13.1. The van der Waals surface area contributed by atoms with Crippen LogP contribution in [0.3, 0.4) is 0 Å². The maximum Gasteiger partial charge on any atom is 0.237 e. The zero-order valence-corrected chi connectivity index (χ0v) is 13.6. The Kier molecular flexibility index (Phi) is 5.68. The van der Waals surface area contributed by atoms with Gasteiger partial charge in [-0.3, -0.25) is 4.79 Å². The predicted molar refractivity (Wildman–Crippen MR) is 82.3 cm³/mol. The van der Waals surface area contributed by atoms with Gasteiger partial charge < -0.3 is 15.7 Å². The van der Waals surface area contributed by atoms with E-state index in [0.29, 0.717) is 17.1 Å². The SMILES string of the molecule is CC(NCc1cc(Cl)cc(Cl)c1O)C(=O)NC(C)(C)C. The number of nitrogens with one attached hydrogen (secondary N) is 2. The fourth-order valence-electron chi connectivity index (χ4n) is 1.59. The highest BCUT2D eigenvalue weighted by molar-refractivity contribution is 6.35. The first-order valence-corrected chi connectivity index (χ1v) is 7.08. The molecule has 0 bridgehead atoms. The van der Waals surface area contributed by atoms with Crippen LogP contribution >= 0.6 is 23.2 Å². The lowest BCUT2D eigenvalue weighted by Crippen LogP contribution is -2.49. The van der Waals surface area contributed by atoms with Crippen LogP contribution < -0.4 is 10.6 Å². The van der Waals surface area contributed by atoms with Gasteiger partial charge in [-0.2, -0.15) is 0 Å². The highest BCUT2D eigenvalue weighted by Gasteiger charge is 2.19. The summed E-state index contributed by atoms with van der Waals surface area (Å²) in [5.41, 5.74) is 0.270. The molecule has 4 nitrogen and oxygen atoms in total. The minimum absolute atomic E-state index is 0.0213. The molecule has 112 valence electrons. The molecule has 1 rings (SSSR count). The number of carbonyl (C=O) groups excluding carboxylic acids is 1. The van der Waals surface area contributed by atoms with E-state index < -0.39 is 6.04 Å². The third-order valence-corrected chi connectivity index (χ3v) is 3.10. The summed E-state index contributed by atoms with van der Waals surface area (Å²) in [6, 6.07) is 2.69. The molecule has 1 unspecified atom stereocenters. The van der Waals surface area contributed by atoms with E-state index in [1.165, 1.54) is 6.07 Å². The number of amides is 1. The lowest BCUT2D eigenvalue weighted by atomic mass is 10.1. The molecule has 0 aliphatic carbocycles. The van der Waals surface area contributed by atoms with Gasteiger partial charge in [0, 0.05) is 22.7 Å². The molecule has 20 heavy (non-hydrogen) atoms. The molecule has 0 aliphatic rings. The van der Waals surface area contributed by atoms with E-state index in [0.717, 1.165) is 0 Å². The highest BCUT2D eigenvalue weighted by Crippen LogP contribution is 2.31. The van der Waals surface area contributed by atoms with Crippen LogP contribution in [0, 0.1) is 0 Å². The summed E-state index contributed by atoms with van der Waals surface area (Å²) in [5.74, 6) is -0.128. The van der Waals surface area contributed by atoms with Gasteiger partial charge in [0.05, 0.1) is 11.1 Å². The van der Waals surface area contributed by atoms with Gasteiger partial charge in [-0.15, -0.1) is 0 Å². The maximum absolute atomic E-state index is 11.9. The van der Waals surface area contributed by atoms with Gasteiger partial charge in [0.1, 0.15) is 5.75 Å². The predicted octanol–water partition coefficient (Wildman–Crippen LogP) is 3.09. The number of benzene rings is 1. The molecule has 6 heteroatoms. The number of carbonyl (C=O) groups is 1. The summed E-state index contributed by atoms with van der Waals surface area (Å²) < 4.78 is 0. The average molecular weight is 319 g/mol. The highest BCUT2D eigenvalue weighted by atomic mass is 35.5. The molecule has 1 aromatic carbocycles. The lowest BCUT2D eigenvalue weighted by Gasteiger charge is -2.23. The van der Waals surface area contributed by atoms with Crippen LogP contribution in [-0.2, 0) is 11.3 Å². The standard InChI is InChI=1S/C14H20Cl2N2O2/c1-8(13(20)18-14(2,3)4)17-7-9-5-10(15)6-11(16)12(9)19/h5-6,8,17,19H,7H2,1-4H3,(H,18,20). The van der Waals surface area contributed by atoms with Crippen LogP contribution in [0.4, 0.5) is 0 Å². The molecular weight excluding hydrogens is 299 g/mol. The van der Waals surface area contributed by atoms with E-state index in [2.05, 4.69) is 10.6 Å². The quantitative estimate of drug-likeness (QED) is 0.799. The van der Waals surface area contributed by atoms with Crippen molar-refractivity contribution in [1.82, 2.24) is 10.6 Å². The van der Waals surface area contributed by atoms with Crippen molar-refractivity contribution in [1.29, 1.82) is 0 Å². The largest absolute Gasteiger partial charge is 0.506 e. The second-order valence-corrected chi connectivity index (χ2v) is 6.58. The molecule has 0 aromatic heterocycles. The summed E-state index contributed by atoms with van der Waals surface area (Å²) in [7, 11) is 0. The fourth-order valence-corrected chi connectivity index (χ4v) is 2.12. The molecular formula is C14H20Cl2N2O2. The number of hydrogen-bond acceptors (Lipinski definition) is 3. The molecule has 0 saturated heterocycles. The first-order chi connectivity index (χ1) is 9.10. The third-order valence-electron chi connectivity index (χ3n) is 2.60. The minimum Gasteiger partial charge on any atom is -0.506 e. The third kappa shape index (κ3) is 5.19. The molecule has 1 amide bonds. The second kappa shape index (κ2) is 6.66. The van der Waals surface area contributed by atoms with E-state index in [-0.39, 0.29) is 22.2 Å². The van der Waals surface area contributed by atoms with Crippen molar-refractivity contribution in [2.75, 3.05) is 0 Å². The Morgan fingerprint density at radius 2 is 1.95 bits per heavy atom. The first-order valence-electron chi connectivity index (χ1n) is 6.32. The summed E-state index contributed by atoms with van der Waals surface area (Å²) >= 11 is 11.7. The summed E-state index contributed by atoms with van der Waals surface area (Å²) in [6.45, 7) is 7.80. The van der Waals surface area contributed by atoms with Crippen molar-refractivity contribution >= 4 is 29.1 Å².